The zero-order chi connectivity index (χ0) is 18.5. The lowest BCUT2D eigenvalue weighted by atomic mass is 9.82. The highest BCUT2D eigenvalue weighted by molar-refractivity contribution is 6.72. The number of halogens is 3. The Morgan fingerprint density at radius 1 is 1.16 bits per heavy atom. The van der Waals surface area contributed by atoms with E-state index < -0.39 is 5.12 Å². The van der Waals surface area contributed by atoms with Gasteiger partial charge >= 0.3 is 0 Å². The summed E-state index contributed by atoms with van der Waals surface area (Å²) in [6, 6.07) is 0. The average Bonchev–Trinajstić information content (AvgIpc) is 2.44. The van der Waals surface area contributed by atoms with Gasteiger partial charge in [0.25, 0.3) is 0 Å². The van der Waals surface area contributed by atoms with Gasteiger partial charge in [-0.25, -0.2) is 15.0 Å². The van der Waals surface area contributed by atoms with Crippen molar-refractivity contribution in [2.45, 2.75) is 50.3 Å². The molecule has 140 valence electrons. The van der Waals surface area contributed by atoms with E-state index in [0.717, 1.165) is 5.57 Å². The zero-order valence-corrected chi connectivity index (χ0v) is 17.2. The van der Waals surface area contributed by atoms with Crippen molar-refractivity contribution in [3.8, 4) is 0 Å². The molecule has 0 radical (unpaired) electrons. The lowest BCUT2D eigenvalue weighted by Crippen LogP contribution is -2.63. The molecule has 0 aromatic carbocycles. The smallest absolute Gasteiger partial charge is 0.249 e. The van der Waals surface area contributed by atoms with Crippen molar-refractivity contribution in [3.05, 3.63) is 11.6 Å². The third-order valence-corrected chi connectivity index (χ3v) is 5.29. The summed E-state index contributed by atoms with van der Waals surface area (Å²) in [6.07, 6.45) is 2.82. The molecule has 9 heteroatoms. The Morgan fingerprint density at radius 3 is 2.40 bits per heavy atom. The first-order chi connectivity index (χ1) is 11.5. The van der Waals surface area contributed by atoms with E-state index in [4.69, 9.17) is 39.5 Å². The molecular weight excluding hydrogens is 385 g/mol. The molecule has 3 rings (SSSR count). The van der Waals surface area contributed by atoms with Crippen LogP contribution in [0.15, 0.2) is 21.6 Å². The molecule has 0 saturated carbocycles. The summed E-state index contributed by atoms with van der Waals surface area (Å²) in [5, 5.41) is 6.41. The number of nitrogens with zero attached hydrogens (tertiary/aromatic N) is 4. The molecule has 3 aliphatic rings. The monoisotopic (exact) mass is 407 g/mol. The molecule has 3 aliphatic heterocycles. The molecular formula is C16H24Cl3N5O. The molecule has 6 nitrogen and oxygen atoms in total. The van der Waals surface area contributed by atoms with Gasteiger partial charge in [-0.3, -0.25) is 0 Å². The molecule has 1 saturated heterocycles. The normalized spacial score (nSPS) is 32.8. The highest BCUT2D eigenvalue weighted by Crippen LogP contribution is 2.43. The number of morpholine rings is 1. The predicted molar refractivity (Wildman–Crippen MR) is 103 cm³/mol. The molecule has 3 heterocycles. The van der Waals surface area contributed by atoms with Crippen molar-refractivity contribution in [2.24, 2.45) is 9.98 Å². The lowest BCUT2D eigenvalue weighted by Gasteiger charge is -2.50. The van der Waals surface area contributed by atoms with Gasteiger partial charge in [-0.05, 0) is 62.9 Å². The van der Waals surface area contributed by atoms with Crippen molar-refractivity contribution in [1.29, 1.82) is 0 Å². The summed E-state index contributed by atoms with van der Waals surface area (Å²) in [4.78, 5) is 8.61. The number of nitrogens with one attached hydrogen (secondary N) is 1. The van der Waals surface area contributed by atoms with Crippen LogP contribution in [0.5, 0.6) is 0 Å². The number of alkyl halides is 1. The predicted octanol–water partition coefficient (Wildman–Crippen LogP) is 3.11. The minimum Gasteiger partial charge on any atom is -0.379 e. The molecule has 0 spiro atoms. The Hall–Kier alpha value is -0.370. The SMILES string of the molecule is CC1(C)C=C(C2(Cl)N=C(Cl)N=C(Cl)N2N2CCOCC2)CC(C)(C)N1. The molecule has 1 fully saturated rings. The van der Waals surface area contributed by atoms with E-state index in [9.17, 15) is 0 Å². The van der Waals surface area contributed by atoms with E-state index in [0.29, 0.717) is 32.7 Å². The van der Waals surface area contributed by atoms with E-state index in [1.165, 1.54) is 0 Å². The van der Waals surface area contributed by atoms with Crippen LogP contribution in [-0.4, -0.2) is 63.1 Å². The minimum atomic E-state index is -1.23. The Labute approximate surface area is 163 Å². The van der Waals surface area contributed by atoms with E-state index in [2.05, 4.69) is 49.1 Å². The van der Waals surface area contributed by atoms with Crippen LogP contribution in [0.3, 0.4) is 0 Å². The zero-order valence-electron chi connectivity index (χ0n) is 14.9. The van der Waals surface area contributed by atoms with Crippen molar-refractivity contribution in [3.63, 3.8) is 0 Å². The summed E-state index contributed by atoms with van der Waals surface area (Å²) in [6.45, 7) is 11.0. The first kappa shape index (κ1) is 19.4. The van der Waals surface area contributed by atoms with Crippen LogP contribution < -0.4 is 5.32 Å². The molecule has 25 heavy (non-hydrogen) atoms. The standard InChI is InChI=1S/C16H24Cl3N5O/c1-14(2)9-11(10-15(3,4)22-14)16(19)21-12(17)20-13(18)24(16)23-5-7-25-8-6-23/h9,22H,5-8,10H2,1-4H3. The Morgan fingerprint density at radius 2 is 1.80 bits per heavy atom. The fourth-order valence-corrected chi connectivity index (χ4v) is 4.86. The summed E-state index contributed by atoms with van der Waals surface area (Å²) in [5.74, 6) is 0. The molecule has 0 bridgehead atoms. The quantitative estimate of drug-likeness (QED) is 0.433. The first-order valence-corrected chi connectivity index (χ1v) is 9.49. The van der Waals surface area contributed by atoms with Crippen LogP contribution in [0.4, 0.5) is 0 Å². The van der Waals surface area contributed by atoms with Gasteiger partial charge in [0.05, 0.1) is 13.2 Å². The summed E-state index contributed by atoms with van der Waals surface area (Å²) in [7, 11) is 0. The highest BCUT2D eigenvalue weighted by atomic mass is 35.5. The Balaban J connectivity index is 2.05. The number of amidine groups is 2. The average molecular weight is 409 g/mol. The molecule has 0 amide bonds. The summed E-state index contributed by atoms with van der Waals surface area (Å²) in [5.41, 5.74) is 0.564. The molecule has 0 aromatic heterocycles. The van der Waals surface area contributed by atoms with Gasteiger partial charge in [0, 0.05) is 24.2 Å². The Bertz CT molecular complexity index is 640. The number of hydrogen-bond acceptors (Lipinski definition) is 6. The van der Waals surface area contributed by atoms with Crippen LogP contribution in [0.25, 0.3) is 0 Å². The minimum absolute atomic E-state index is 0.0551. The lowest BCUT2D eigenvalue weighted by molar-refractivity contribution is -0.0706. The number of hydrazine groups is 1. The van der Waals surface area contributed by atoms with Gasteiger partial charge < -0.3 is 10.1 Å². The fourth-order valence-electron chi connectivity index (χ4n) is 3.83. The van der Waals surface area contributed by atoms with Crippen LogP contribution in [0.1, 0.15) is 34.1 Å². The summed E-state index contributed by atoms with van der Waals surface area (Å²) < 4.78 is 5.45. The van der Waals surface area contributed by atoms with Crippen molar-refractivity contribution >= 4 is 45.4 Å². The highest BCUT2D eigenvalue weighted by Gasteiger charge is 2.49. The third kappa shape index (κ3) is 3.99. The van der Waals surface area contributed by atoms with Crippen molar-refractivity contribution in [1.82, 2.24) is 15.3 Å². The molecule has 0 aliphatic carbocycles. The van der Waals surface area contributed by atoms with E-state index in [-0.39, 0.29) is 21.7 Å². The maximum Gasteiger partial charge on any atom is 0.249 e. The van der Waals surface area contributed by atoms with Crippen molar-refractivity contribution < 1.29 is 4.74 Å². The van der Waals surface area contributed by atoms with Gasteiger partial charge in [0.1, 0.15) is 0 Å². The van der Waals surface area contributed by atoms with Gasteiger partial charge in [0.2, 0.25) is 15.7 Å². The van der Waals surface area contributed by atoms with Crippen LogP contribution in [0.2, 0.25) is 0 Å². The van der Waals surface area contributed by atoms with Crippen LogP contribution in [-0.2, 0) is 4.74 Å². The van der Waals surface area contributed by atoms with Crippen LogP contribution >= 0.6 is 34.8 Å². The van der Waals surface area contributed by atoms with Gasteiger partial charge in [-0.1, -0.05) is 17.7 Å². The fraction of sp³-hybridized carbons (Fsp3) is 0.750. The van der Waals surface area contributed by atoms with E-state index in [1.807, 2.05) is 5.01 Å². The van der Waals surface area contributed by atoms with Crippen LogP contribution in [0, 0.1) is 0 Å². The number of ether oxygens (including phenoxy) is 1. The van der Waals surface area contributed by atoms with Gasteiger partial charge in [-0.2, -0.15) is 4.99 Å². The largest absolute Gasteiger partial charge is 0.379 e. The third-order valence-electron chi connectivity index (χ3n) is 4.39. The number of hydrogen-bond donors (Lipinski definition) is 1. The topological polar surface area (TPSA) is 52.5 Å². The molecule has 1 unspecified atom stereocenters. The van der Waals surface area contributed by atoms with Crippen molar-refractivity contribution in [2.75, 3.05) is 26.3 Å². The summed E-state index contributed by atoms with van der Waals surface area (Å²) >= 11 is 19.7. The van der Waals surface area contributed by atoms with Gasteiger partial charge in [-0.15, -0.1) is 0 Å². The van der Waals surface area contributed by atoms with E-state index in [1.54, 1.807) is 5.01 Å². The molecule has 1 atom stereocenters. The second-order valence-electron chi connectivity index (χ2n) is 7.80. The number of rotatable bonds is 2. The second kappa shape index (κ2) is 6.66. The first-order valence-electron chi connectivity index (χ1n) is 8.35. The van der Waals surface area contributed by atoms with Gasteiger partial charge in [0.15, 0.2) is 0 Å². The Kier molecular flexibility index (Phi) is 5.17. The number of aliphatic imine (C=N–C) groups is 2. The maximum atomic E-state index is 7.11. The molecule has 0 aromatic rings. The maximum absolute atomic E-state index is 7.11. The second-order valence-corrected chi connectivity index (χ2v) is 9.01. The van der Waals surface area contributed by atoms with E-state index >= 15 is 0 Å². The molecule has 1 N–H and O–H groups in total.